The lowest BCUT2D eigenvalue weighted by Crippen LogP contribution is -2.35. The molecule has 0 radical (unpaired) electrons. The highest BCUT2D eigenvalue weighted by atomic mass is 16.2. The second-order valence-corrected chi connectivity index (χ2v) is 8.81. The lowest BCUT2D eigenvalue weighted by Gasteiger charge is -2.30. The fourth-order valence-electron chi connectivity index (χ4n) is 5.20. The van der Waals surface area contributed by atoms with Gasteiger partial charge in [-0.3, -0.25) is 9.69 Å². The van der Waals surface area contributed by atoms with Gasteiger partial charge in [-0.25, -0.2) is 4.98 Å². The zero-order valence-corrected chi connectivity index (χ0v) is 17.6. The summed E-state index contributed by atoms with van der Waals surface area (Å²) < 4.78 is 0. The van der Waals surface area contributed by atoms with Crippen molar-refractivity contribution in [3.05, 3.63) is 89.0 Å². The first-order valence-corrected chi connectivity index (χ1v) is 10.7. The topological polar surface area (TPSA) is 52.2 Å². The fourth-order valence-corrected chi connectivity index (χ4v) is 5.20. The van der Waals surface area contributed by atoms with Crippen molar-refractivity contribution < 1.29 is 4.79 Å². The smallest absolute Gasteiger partial charge is 0.254 e. The molecule has 5 rings (SSSR count). The number of aromatic amines is 1. The van der Waals surface area contributed by atoms with Crippen LogP contribution in [0.15, 0.2) is 61.1 Å². The highest BCUT2D eigenvalue weighted by Crippen LogP contribution is 2.45. The van der Waals surface area contributed by atoms with Gasteiger partial charge in [0.2, 0.25) is 0 Å². The van der Waals surface area contributed by atoms with Crippen LogP contribution in [-0.4, -0.2) is 45.3 Å². The molecule has 3 atom stereocenters. The Bertz CT molecular complexity index is 1030. The molecule has 2 aliphatic heterocycles. The van der Waals surface area contributed by atoms with Crippen molar-refractivity contribution in [2.75, 3.05) is 19.6 Å². The summed E-state index contributed by atoms with van der Waals surface area (Å²) in [6.07, 6.45) is 3.64. The molecule has 1 amide bonds. The number of hydrogen-bond donors (Lipinski definition) is 1. The van der Waals surface area contributed by atoms with Crippen molar-refractivity contribution in [2.45, 2.75) is 26.4 Å². The van der Waals surface area contributed by atoms with Crippen LogP contribution < -0.4 is 0 Å². The number of nitrogens with one attached hydrogen (secondary N) is 1. The van der Waals surface area contributed by atoms with Crippen LogP contribution in [0.3, 0.4) is 0 Å². The number of likely N-dealkylation sites (tertiary alicyclic amines) is 2. The molecule has 5 nitrogen and oxygen atoms in total. The number of amides is 1. The van der Waals surface area contributed by atoms with Crippen LogP contribution in [0, 0.1) is 25.7 Å². The summed E-state index contributed by atoms with van der Waals surface area (Å²) in [7, 11) is 0. The number of imidazole rings is 1. The average Bonchev–Trinajstić information content (AvgIpc) is 3.47. The van der Waals surface area contributed by atoms with Gasteiger partial charge in [-0.15, -0.1) is 0 Å². The molecule has 30 heavy (non-hydrogen) atoms. The van der Waals surface area contributed by atoms with Gasteiger partial charge in [0.25, 0.3) is 5.91 Å². The van der Waals surface area contributed by atoms with Crippen LogP contribution >= 0.6 is 0 Å². The monoisotopic (exact) mass is 400 g/mol. The maximum atomic E-state index is 13.6. The second-order valence-electron chi connectivity index (χ2n) is 8.81. The first-order chi connectivity index (χ1) is 14.6. The molecule has 0 saturated carbocycles. The van der Waals surface area contributed by atoms with Gasteiger partial charge in [0.1, 0.15) is 0 Å². The summed E-state index contributed by atoms with van der Waals surface area (Å²) >= 11 is 0. The van der Waals surface area contributed by atoms with Crippen molar-refractivity contribution in [3.63, 3.8) is 0 Å². The quantitative estimate of drug-likeness (QED) is 0.721. The van der Waals surface area contributed by atoms with Crippen LogP contribution in [0.5, 0.6) is 0 Å². The Balaban J connectivity index is 1.42. The minimum Gasteiger partial charge on any atom is -0.347 e. The number of H-pyrrole nitrogens is 1. The summed E-state index contributed by atoms with van der Waals surface area (Å²) in [5, 5.41) is 0. The van der Waals surface area contributed by atoms with E-state index < -0.39 is 0 Å². The van der Waals surface area contributed by atoms with Crippen molar-refractivity contribution >= 4 is 5.91 Å². The predicted octanol–water partition coefficient (Wildman–Crippen LogP) is 3.97. The van der Waals surface area contributed by atoms with E-state index in [0.717, 1.165) is 37.4 Å². The molecular formula is C25H28N4O. The number of aryl methyl sites for hydroxylation is 2. The van der Waals surface area contributed by atoms with Crippen LogP contribution in [0.2, 0.25) is 0 Å². The normalized spacial score (nSPS) is 23.7. The highest BCUT2D eigenvalue weighted by Gasteiger charge is 2.49. The molecule has 1 aromatic heterocycles. The van der Waals surface area contributed by atoms with Gasteiger partial charge in [-0.2, -0.15) is 0 Å². The van der Waals surface area contributed by atoms with E-state index in [2.05, 4.69) is 63.9 Å². The maximum absolute atomic E-state index is 13.6. The van der Waals surface area contributed by atoms with Gasteiger partial charge < -0.3 is 9.88 Å². The molecule has 2 saturated heterocycles. The van der Waals surface area contributed by atoms with E-state index in [4.69, 9.17) is 0 Å². The SMILES string of the molecule is Cc1ccc(C(=O)N2C[C@@H]3CN(Cc4cnc[nH]4)C[C@@H]3[C@H]2c2ccccc2)cc1C. The molecule has 154 valence electrons. The van der Waals surface area contributed by atoms with E-state index in [1.807, 2.05) is 24.4 Å². The van der Waals surface area contributed by atoms with E-state index in [1.165, 1.54) is 16.7 Å². The van der Waals surface area contributed by atoms with Crippen molar-refractivity contribution in [2.24, 2.45) is 11.8 Å². The minimum absolute atomic E-state index is 0.122. The number of rotatable bonds is 4. The molecule has 0 spiro atoms. The Kier molecular flexibility index (Phi) is 4.91. The van der Waals surface area contributed by atoms with Gasteiger partial charge in [0, 0.05) is 49.6 Å². The number of carbonyl (C=O) groups excluding carboxylic acids is 1. The predicted molar refractivity (Wildman–Crippen MR) is 117 cm³/mol. The number of fused-ring (bicyclic) bond motifs is 1. The zero-order chi connectivity index (χ0) is 20.7. The lowest BCUT2D eigenvalue weighted by atomic mass is 9.89. The average molecular weight is 401 g/mol. The number of benzene rings is 2. The Labute approximate surface area is 177 Å². The number of hydrogen-bond acceptors (Lipinski definition) is 3. The maximum Gasteiger partial charge on any atom is 0.254 e. The second kappa shape index (κ2) is 7.73. The standard InChI is InChI=1S/C25H28N4O/c1-17-8-9-20(10-18(17)2)25(30)29-13-21-12-28(14-22-11-26-16-27-22)15-23(21)24(29)19-6-4-3-5-7-19/h3-11,16,21,23-24H,12-15H2,1-2H3,(H,26,27)/t21-,23-,24+/m0/s1. The van der Waals surface area contributed by atoms with Gasteiger partial charge >= 0.3 is 0 Å². The van der Waals surface area contributed by atoms with Crippen LogP contribution in [0.25, 0.3) is 0 Å². The van der Waals surface area contributed by atoms with Crippen LogP contribution in [0.4, 0.5) is 0 Å². The van der Waals surface area contributed by atoms with E-state index >= 15 is 0 Å². The van der Waals surface area contributed by atoms with Crippen LogP contribution in [0.1, 0.15) is 38.8 Å². The molecule has 2 aliphatic rings. The first-order valence-electron chi connectivity index (χ1n) is 10.7. The first kappa shape index (κ1) is 19.1. The Morgan fingerprint density at radius 1 is 1.07 bits per heavy atom. The third-order valence-electron chi connectivity index (χ3n) is 6.84. The molecule has 0 aliphatic carbocycles. The summed E-state index contributed by atoms with van der Waals surface area (Å²) in [5.74, 6) is 1.10. The van der Waals surface area contributed by atoms with Crippen molar-refractivity contribution in [1.29, 1.82) is 0 Å². The molecule has 2 aromatic carbocycles. The van der Waals surface area contributed by atoms with E-state index in [-0.39, 0.29) is 11.9 Å². The Morgan fingerprint density at radius 3 is 2.63 bits per heavy atom. The third-order valence-corrected chi connectivity index (χ3v) is 6.84. The molecule has 1 N–H and O–H groups in total. The van der Waals surface area contributed by atoms with E-state index in [0.29, 0.717) is 11.8 Å². The Morgan fingerprint density at radius 2 is 1.90 bits per heavy atom. The number of carbonyl (C=O) groups is 1. The highest BCUT2D eigenvalue weighted by molar-refractivity contribution is 5.95. The van der Waals surface area contributed by atoms with Crippen LogP contribution in [-0.2, 0) is 6.54 Å². The van der Waals surface area contributed by atoms with E-state index in [9.17, 15) is 4.79 Å². The molecule has 0 bridgehead atoms. The van der Waals surface area contributed by atoms with Gasteiger partial charge in [-0.05, 0) is 48.6 Å². The molecular weight excluding hydrogens is 372 g/mol. The van der Waals surface area contributed by atoms with Gasteiger partial charge in [0.15, 0.2) is 0 Å². The van der Waals surface area contributed by atoms with E-state index in [1.54, 1.807) is 6.33 Å². The summed E-state index contributed by atoms with van der Waals surface area (Å²) in [6.45, 7) is 7.89. The minimum atomic E-state index is 0.122. The third kappa shape index (κ3) is 3.43. The largest absolute Gasteiger partial charge is 0.347 e. The molecule has 0 unspecified atom stereocenters. The Hall–Kier alpha value is -2.92. The van der Waals surface area contributed by atoms with Crippen molar-refractivity contribution in [1.82, 2.24) is 19.8 Å². The number of nitrogens with zero attached hydrogens (tertiary/aromatic N) is 3. The summed E-state index contributed by atoms with van der Waals surface area (Å²) in [6, 6.07) is 16.8. The molecule has 5 heteroatoms. The van der Waals surface area contributed by atoms with Gasteiger partial charge in [-0.1, -0.05) is 36.4 Å². The molecule has 3 aromatic rings. The van der Waals surface area contributed by atoms with Gasteiger partial charge in [0.05, 0.1) is 12.4 Å². The summed E-state index contributed by atoms with van der Waals surface area (Å²) in [5.41, 5.74) is 5.58. The fraction of sp³-hybridized carbons (Fsp3) is 0.360. The molecule has 3 heterocycles. The lowest BCUT2D eigenvalue weighted by molar-refractivity contribution is 0.0699. The summed E-state index contributed by atoms with van der Waals surface area (Å²) in [4.78, 5) is 25.5. The number of aromatic nitrogens is 2. The molecule has 2 fully saturated rings. The van der Waals surface area contributed by atoms with Crippen molar-refractivity contribution in [3.8, 4) is 0 Å². The zero-order valence-electron chi connectivity index (χ0n) is 17.6.